The Morgan fingerprint density at radius 3 is 2.31 bits per heavy atom. The second kappa shape index (κ2) is 26.6. The quantitative estimate of drug-likeness (QED) is 0.0572. The molecule has 2 saturated heterocycles. The number of aromatic amines is 1. The Balaban J connectivity index is 0.975. The van der Waals surface area contributed by atoms with E-state index in [0.717, 1.165) is 56.7 Å². The zero-order chi connectivity index (χ0) is 68.5. The number of ether oxygens (including phenoxy) is 7. The van der Waals surface area contributed by atoms with E-state index in [-0.39, 0.29) is 119 Å². The van der Waals surface area contributed by atoms with Gasteiger partial charge in [0.1, 0.15) is 125 Å². The predicted molar refractivity (Wildman–Crippen MR) is 347 cm³/mol. The van der Waals surface area contributed by atoms with Gasteiger partial charge in [-0.15, -0.1) is 56.7 Å². The number of thiazole rings is 5. The first kappa shape index (κ1) is 66.3. The van der Waals surface area contributed by atoms with Crippen LogP contribution >= 0.6 is 56.7 Å². The molecule has 0 radical (unpaired) electrons. The number of aromatic nitrogens is 7. The normalized spacial score (nSPS) is 24.9. The average Bonchev–Trinajstić information content (AvgIpc) is 1.65. The topological polar surface area (TPSA) is 424 Å². The number of esters is 2. The Kier molecular flexibility index (Phi) is 18.2. The van der Waals surface area contributed by atoms with Gasteiger partial charge in [-0.3, -0.25) is 33.7 Å². The molecule has 7 aromatic heterocycles. The van der Waals surface area contributed by atoms with Gasteiger partial charge in [0.05, 0.1) is 50.0 Å². The molecule has 36 heteroatoms. The van der Waals surface area contributed by atoms with Crippen LogP contribution in [0.2, 0.25) is 0 Å². The summed E-state index contributed by atoms with van der Waals surface area (Å²) in [5.41, 5.74) is 4.21. The van der Waals surface area contributed by atoms with Crippen molar-refractivity contribution in [3.8, 4) is 38.4 Å². The van der Waals surface area contributed by atoms with Crippen LogP contribution in [0.25, 0.3) is 49.3 Å². The molecule has 12 heterocycles. The second-order valence-corrected chi connectivity index (χ2v) is 27.6. The number of H-pyrrole nitrogens is 1. The van der Waals surface area contributed by atoms with Gasteiger partial charge in [-0.25, -0.2) is 39.5 Å². The maximum Gasteiger partial charge on any atom is 0.355 e. The van der Waals surface area contributed by atoms with Gasteiger partial charge in [0, 0.05) is 55.4 Å². The van der Waals surface area contributed by atoms with Gasteiger partial charge in [-0.2, -0.15) is 0 Å². The fraction of sp³-hybridized carbons (Fsp3) is 0.344. The number of aromatic hydroxyl groups is 1. The summed E-state index contributed by atoms with van der Waals surface area (Å²) in [5.74, 6) is -7.66. The molecule has 6 amide bonds. The molecule has 10 atom stereocenters. The number of cyclic esters (lactones) is 2. The Hall–Kier alpha value is -9.34. The van der Waals surface area contributed by atoms with Crippen molar-refractivity contribution >= 4 is 121 Å². The van der Waals surface area contributed by atoms with E-state index in [1.54, 1.807) is 23.6 Å². The molecule has 13 rings (SSSR count). The number of nitrogens with two attached hydrogens (primary N) is 1. The van der Waals surface area contributed by atoms with Crippen LogP contribution in [0.5, 0.6) is 5.75 Å². The summed E-state index contributed by atoms with van der Waals surface area (Å²) in [6, 6.07) is 1.72. The Morgan fingerprint density at radius 2 is 1.55 bits per heavy atom. The van der Waals surface area contributed by atoms with Crippen LogP contribution < -0.4 is 32.3 Å². The first-order chi connectivity index (χ1) is 46.4. The van der Waals surface area contributed by atoms with Crippen molar-refractivity contribution in [1.82, 2.24) is 66.4 Å². The zero-order valence-corrected chi connectivity index (χ0v) is 56.0. The van der Waals surface area contributed by atoms with E-state index in [0.29, 0.717) is 16.5 Å². The summed E-state index contributed by atoms with van der Waals surface area (Å²) < 4.78 is 44.5. The minimum absolute atomic E-state index is 0.00477. The van der Waals surface area contributed by atoms with E-state index >= 15 is 9.59 Å². The first-order valence-electron chi connectivity index (χ1n) is 29.7. The second-order valence-electron chi connectivity index (χ2n) is 23.2. The fourth-order valence-corrected chi connectivity index (χ4v) is 16.1. The molecule has 97 heavy (non-hydrogen) atoms. The van der Waals surface area contributed by atoms with E-state index in [4.69, 9.17) is 53.8 Å². The fourth-order valence-electron chi connectivity index (χ4n) is 11.9. The van der Waals surface area contributed by atoms with Gasteiger partial charge in [-0.1, -0.05) is 18.7 Å². The van der Waals surface area contributed by atoms with Gasteiger partial charge in [0.2, 0.25) is 5.91 Å². The summed E-state index contributed by atoms with van der Waals surface area (Å²) in [6.07, 6.45) is -6.51. The number of primary amides is 1. The van der Waals surface area contributed by atoms with Crippen molar-refractivity contribution in [2.75, 3.05) is 27.5 Å². The minimum Gasteiger partial charge on any atom is -0.506 e. The summed E-state index contributed by atoms with van der Waals surface area (Å²) in [7, 11) is 3.23. The number of methoxy groups -OCH3 is 1. The van der Waals surface area contributed by atoms with Crippen LogP contribution in [0.15, 0.2) is 69.2 Å². The largest absolute Gasteiger partial charge is 0.506 e. The number of hydrogen-bond donors (Lipinski definition) is 9. The maximum absolute atomic E-state index is 15.2. The number of likely N-dealkylation sites (N-methyl/N-ethyl adjacent to an activating group) is 1. The van der Waals surface area contributed by atoms with Gasteiger partial charge in [0.25, 0.3) is 29.5 Å². The Morgan fingerprint density at radius 1 is 0.856 bits per heavy atom. The van der Waals surface area contributed by atoms with Crippen LogP contribution in [-0.4, -0.2) is 173 Å². The van der Waals surface area contributed by atoms with E-state index in [1.165, 1.54) is 48.5 Å². The summed E-state index contributed by atoms with van der Waals surface area (Å²) in [6.45, 7) is 8.93. The highest BCUT2D eigenvalue weighted by Gasteiger charge is 2.54. The highest BCUT2D eigenvalue weighted by Crippen LogP contribution is 2.44. The van der Waals surface area contributed by atoms with Gasteiger partial charge in [0.15, 0.2) is 12.4 Å². The molecule has 0 saturated carbocycles. The molecular weight excluding hydrogens is 1360 g/mol. The standard InChI is InChI=1S/C61H58N14O17S5/c1-22(48(62)78)63-49(79)32-18-96-57(69-32)43-36(77)11-27-41(71-43)31-16-94-55(66-31)30-15-89-59(84)42-28-14-87-45(46(60(85)88-13-26-9-8-10-29(64-42)38(26)28)92-37-12-61(5)47(25(4)91-37)75(6)21-90-61)44(58-70-33(19-97-58)50(80)65-30)74-52(82)35-20-95-56(68-35)40(24(3)86-7)73-53(83)39(23(2)76)72-51(81)34-17-93-54(27)67-34/h8-11,16-20,23,25,30,37,39,44-47,64,76-77H,1,12-15,21H2,2-7H3,(H2,62,78)(H,63,79)(H,65,80)(H,72,81)(H,73,83)(H,74,82)/b40-24+/t23-,25+,30+,37+,39+,44+,45?,46+,47-,61+/m1/s1. The maximum atomic E-state index is 15.2. The lowest BCUT2D eigenvalue weighted by atomic mass is 9.86. The number of allylic oxidation sites excluding steroid dienone is 1. The lowest BCUT2D eigenvalue weighted by Crippen LogP contribution is -2.58. The van der Waals surface area contributed by atoms with Crippen LogP contribution in [0.3, 0.4) is 0 Å². The number of nitrogens with zero attached hydrogens (tertiary/aromatic N) is 7. The number of rotatable bonds is 8. The van der Waals surface area contributed by atoms with Gasteiger partial charge >= 0.3 is 11.9 Å². The number of hydrogen-bond acceptors (Lipinski definition) is 29. The summed E-state index contributed by atoms with van der Waals surface area (Å²) in [4.78, 5) is 147. The van der Waals surface area contributed by atoms with Crippen molar-refractivity contribution in [3.63, 3.8) is 0 Å². The van der Waals surface area contributed by atoms with E-state index in [1.807, 2.05) is 25.8 Å². The van der Waals surface area contributed by atoms with Crippen LogP contribution in [-0.2, 0) is 60.8 Å². The Labute approximate surface area is 568 Å². The van der Waals surface area contributed by atoms with Crippen molar-refractivity contribution in [1.29, 1.82) is 0 Å². The summed E-state index contributed by atoms with van der Waals surface area (Å²) >= 11 is 4.66. The van der Waals surface area contributed by atoms with E-state index in [2.05, 4.69) is 53.1 Å². The van der Waals surface area contributed by atoms with Gasteiger partial charge in [-0.05, 0) is 52.4 Å². The molecule has 10 N–H and O–H groups in total. The third-order valence-electron chi connectivity index (χ3n) is 16.7. The van der Waals surface area contributed by atoms with Crippen LogP contribution in [0.1, 0.15) is 125 Å². The number of carbonyl (C=O) groups excluding carboxylic acids is 8. The number of benzene rings is 1. The minimum atomic E-state index is -1.78. The number of aliphatic hydroxyl groups excluding tert-OH is 1. The molecular formula is C61H58N14O17S5. The summed E-state index contributed by atoms with van der Waals surface area (Å²) in [5, 5.41) is 44.1. The SMILES string of the molecule is C=C(NC(=O)c1csc(-c2nc3c(cc2O)-c2nc(cs2)C(=O)N[C@@H]([C@@H](C)O)C(=O)N/C(=C(\C)OC)c2nc(cs2)C(=O)N[C@@H]2c4nc(cs4)C(=O)N[C@@H](COC(=O)c4[nH]c5cccc6c5c4COC2[C@H](O[C@H]2C[C@]4(C)OCN(C)[C@@H]4[C@H](C)O2)C(=O)OC6)c2nc-3cs2)n1)C(N)=O. The zero-order valence-electron chi connectivity index (χ0n) is 51.9. The smallest absolute Gasteiger partial charge is 0.355 e. The van der Waals surface area contributed by atoms with Crippen molar-refractivity contribution < 1.29 is 81.7 Å². The molecule has 1 aromatic carbocycles. The molecule has 5 aliphatic rings. The average molecular weight is 1420 g/mol. The molecule has 12 bridgehead atoms. The number of nitrogens with one attached hydrogen (secondary N) is 6. The lowest BCUT2D eigenvalue weighted by Gasteiger charge is -2.45. The number of aliphatic hydroxyl groups is 1. The predicted octanol–water partition coefficient (Wildman–Crippen LogP) is 4.55. The van der Waals surface area contributed by atoms with E-state index in [9.17, 15) is 39.0 Å². The van der Waals surface area contributed by atoms with Gasteiger partial charge < -0.3 is 80.7 Å². The third-order valence-corrected chi connectivity index (χ3v) is 21.2. The van der Waals surface area contributed by atoms with Crippen LogP contribution in [0, 0.1) is 0 Å². The third kappa shape index (κ3) is 12.9. The molecule has 0 spiro atoms. The van der Waals surface area contributed by atoms with E-state index < -0.39 is 126 Å². The molecule has 31 nitrogen and oxygen atoms in total. The molecule has 0 aliphatic carbocycles. The lowest BCUT2D eigenvalue weighted by molar-refractivity contribution is -0.268. The molecule has 504 valence electrons. The molecule has 1 unspecified atom stereocenters. The Bertz CT molecular complexity index is 4590. The number of fused-ring (bicyclic) bond motifs is 16. The number of carbonyl (C=O) groups is 8. The molecule has 5 aliphatic heterocycles. The number of pyridine rings is 1. The molecule has 8 aromatic rings. The monoisotopic (exact) mass is 1420 g/mol. The number of amides is 6. The van der Waals surface area contributed by atoms with Crippen molar-refractivity contribution in [2.45, 2.75) is 108 Å². The van der Waals surface area contributed by atoms with Crippen molar-refractivity contribution in [3.05, 3.63) is 124 Å². The van der Waals surface area contributed by atoms with Crippen molar-refractivity contribution in [2.24, 2.45) is 5.73 Å². The highest BCUT2D eigenvalue weighted by molar-refractivity contribution is 7.14. The highest BCUT2D eigenvalue weighted by atomic mass is 32.1. The molecule has 2 fully saturated rings. The van der Waals surface area contributed by atoms with Crippen LogP contribution in [0.4, 0.5) is 0 Å². The first-order valence-corrected chi connectivity index (χ1v) is 34.1.